The van der Waals surface area contributed by atoms with Gasteiger partial charge >= 0.3 is 5.97 Å². The Morgan fingerprint density at radius 2 is 2.06 bits per heavy atom. The number of carboxylic acids is 1. The highest BCUT2D eigenvalue weighted by Gasteiger charge is 2.19. The van der Waals surface area contributed by atoms with E-state index in [2.05, 4.69) is 0 Å². The van der Waals surface area contributed by atoms with Crippen LogP contribution in [0.4, 0.5) is 4.39 Å². The molecule has 0 heterocycles. The van der Waals surface area contributed by atoms with Gasteiger partial charge in [0.2, 0.25) is 0 Å². The third-order valence-corrected chi connectivity index (χ3v) is 1.87. The molecule has 1 aromatic rings. The molecule has 7 heteroatoms. The minimum atomic E-state index is -1.39. The molecule has 0 saturated carbocycles. The van der Waals surface area contributed by atoms with Crippen LogP contribution < -0.4 is 10.2 Å². The SMILES string of the molecule is COc1c(C(=N)NO)cc(F)cc1C(=O)O. The largest absolute Gasteiger partial charge is 0.495 e. The van der Waals surface area contributed by atoms with Crippen LogP contribution in [0.3, 0.4) is 0 Å². The van der Waals surface area contributed by atoms with Crippen LogP contribution in [0.15, 0.2) is 12.1 Å². The zero-order chi connectivity index (χ0) is 12.3. The first-order chi connectivity index (χ1) is 7.51. The Kier molecular flexibility index (Phi) is 3.41. The molecule has 1 rings (SSSR count). The smallest absolute Gasteiger partial charge is 0.339 e. The van der Waals surface area contributed by atoms with Gasteiger partial charge in [-0.25, -0.2) is 9.18 Å². The summed E-state index contributed by atoms with van der Waals surface area (Å²) >= 11 is 0. The fraction of sp³-hybridized carbons (Fsp3) is 0.111. The lowest BCUT2D eigenvalue weighted by molar-refractivity contribution is 0.0692. The minimum absolute atomic E-state index is 0.178. The third-order valence-electron chi connectivity index (χ3n) is 1.87. The van der Waals surface area contributed by atoms with Crippen LogP contribution in [0, 0.1) is 11.2 Å². The van der Waals surface area contributed by atoms with Crippen LogP contribution >= 0.6 is 0 Å². The Bertz CT molecular complexity index is 447. The number of ether oxygens (including phenoxy) is 1. The molecule has 16 heavy (non-hydrogen) atoms. The summed E-state index contributed by atoms with van der Waals surface area (Å²) in [5.74, 6) is -2.98. The molecule has 0 atom stereocenters. The molecule has 86 valence electrons. The van der Waals surface area contributed by atoms with Gasteiger partial charge in [-0.1, -0.05) is 0 Å². The number of benzene rings is 1. The first-order valence-electron chi connectivity index (χ1n) is 4.11. The number of halogens is 1. The molecule has 0 fully saturated rings. The van der Waals surface area contributed by atoms with Crippen LogP contribution in [0.25, 0.3) is 0 Å². The number of rotatable bonds is 3. The second-order valence-electron chi connectivity index (χ2n) is 2.83. The fourth-order valence-corrected chi connectivity index (χ4v) is 1.22. The second kappa shape index (κ2) is 4.58. The number of methoxy groups -OCH3 is 1. The van der Waals surface area contributed by atoms with E-state index in [0.717, 1.165) is 12.1 Å². The molecule has 0 saturated heterocycles. The van der Waals surface area contributed by atoms with Crippen molar-refractivity contribution in [2.45, 2.75) is 0 Å². The maximum atomic E-state index is 13.1. The van der Waals surface area contributed by atoms with Crippen molar-refractivity contribution >= 4 is 11.8 Å². The van der Waals surface area contributed by atoms with Crippen LogP contribution in [-0.4, -0.2) is 29.2 Å². The zero-order valence-corrected chi connectivity index (χ0v) is 8.24. The van der Waals surface area contributed by atoms with Crippen LogP contribution in [0.5, 0.6) is 5.75 Å². The van der Waals surface area contributed by atoms with Crippen molar-refractivity contribution in [2.75, 3.05) is 7.11 Å². The Morgan fingerprint density at radius 1 is 1.50 bits per heavy atom. The first-order valence-corrected chi connectivity index (χ1v) is 4.11. The normalized spacial score (nSPS) is 9.69. The topological polar surface area (TPSA) is 103 Å². The Hall–Kier alpha value is -2.15. The molecular weight excluding hydrogens is 219 g/mol. The van der Waals surface area contributed by atoms with Gasteiger partial charge in [-0.15, -0.1) is 0 Å². The third kappa shape index (κ3) is 2.09. The van der Waals surface area contributed by atoms with Gasteiger partial charge in [0.15, 0.2) is 5.84 Å². The summed E-state index contributed by atoms with van der Waals surface area (Å²) in [6.45, 7) is 0. The number of amidine groups is 1. The average molecular weight is 228 g/mol. The van der Waals surface area contributed by atoms with Crippen LogP contribution in [-0.2, 0) is 0 Å². The standard InChI is InChI=1S/C9H9FN2O4/c1-16-7-5(8(11)12-15)2-4(10)3-6(7)9(13)14/h2-3,15H,1H3,(H2,11,12)(H,13,14). The van der Waals surface area contributed by atoms with Gasteiger partial charge < -0.3 is 9.84 Å². The maximum Gasteiger partial charge on any atom is 0.339 e. The van der Waals surface area contributed by atoms with Crippen LogP contribution in [0.2, 0.25) is 0 Å². The van der Waals surface area contributed by atoms with E-state index in [1.807, 2.05) is 0 Å². The Morgan fingerprint density at radius 3 is 2.50 bits per heavy atom. The van der Waals surface area contributed by atoms with E-state index in [1.165, 1.54) is 12.6 Å². The number of nitrogens with one attached hydrogen (secondary N) is 2. The van der Waals surface area contributed by atoms with Crippen LogP contribution in [0.1, 0.15) is 15.9 Å². The van der Waals surface area contributed by atoms with E-state index in [1.54, 1.807) is 0 Å². The number of carboxylic acid groups (broad SMARTS) is 1. The second-order valence-corrected chi connectivity index (χ2v) is 2.83. The highest BCUT2D eigenvalue weighted by molar-refractivity contribution is 6.02. The summed E-state index contributed by atoms with van der Waals surface area (Å²) < 4.78 is 17.9. The van der Waals surface area contributed by atoms with E-state index in [0.29, 0.717) is 0 Å². The van der Waals surface area contributed by atoms with Crippen molar-refractivity contribution in [2.24, 2.45) is 0 Å². The number of hydrogen-bond donors (Lipinski definition) is 4. The van der Waals surface area contributed by atoms with Gasteiger partial charge in [-0.05, 0) is 12.1 Å². The lowest BCUT2D eigenvalue weighted by Crippen LogP contribution is -2.21. The average Bonchev–Trinajstić information content (AvgIpc) is 2.26. The van der Waals surface area contributed by atoms with Crippen molar-refractivity contribution in [3.8, 4) is 5.75 Å². The molecule has 0 aliphatic rings. The van der Waals surface area contributed by atoms with Gasteiger partial charge in [0, 0.05) is 0 Å². The van der Waals surface area contributed by atoms with Crippen molar-refractivity contribution in [1.29, 1.82) is 5.41 Å². The molecule has 0 radical (unpaired) electrons. The van der Waals surface area contributed by atoms with Gasteiger partial charge in [-0.3, -0.25) is 16.1 Å². The summed E-state index contributed by atoms with van der Waals surface area (Å²) in [7, 11) is 1.19. The number of hydroxylamine groups is 1. The predicted octanol–water partition coefficient (Wildman–Crippen LogP) is 0.837. The minimum Gasteiger partial charge on any atom is -0.495 e. The number of aromatic carboxylic acids is 1. The zero-order valence-electron chi connectivity index (χ0n) is 8.24. The molecule has 0 bridgehead atoms. The summed E-state index contributed by atoms with van der Waals surface area (Å²) in [4.78, 5) is 10.8. The van der Waals surface area contributed by atoms with Gasteiger partial charge in [-0.2, -0.15) is 0 Å². The van der Waals surface area contributed by atoms with Crippen molar-refractivity contribution in [1.82, 2.24) is 5.48 Å². The highest BCUT2D eigenvalue weighted by Crippen LogP contribution is 2.25. The lowest BCUT2D eigenvalue weighted by Gasteiger charge is -2.11. The molecule has 0 aliphatic carbocycles. The quantitative estimate of drug-likeness (QED) is 0.348. The predicted molar refractivity (Wildman–Crippen MR) is 51.7 cm³/mol. The van der Waals surface area contributed by atoms with E-state index in [9.17, 15) is 9.18 Å². The van der Waals surface area contributed by atoms with E-state index < -0.39 is 23.2 Å². The molecule has 1 aromatic carbocycles. The van der Waals surface area contributed by atoms with Gasteiger partial charge in [0.05, 0.1) is 12.7 Å². The number of carbonyl (C=O) groups is 1. The first kappa shape index (κ1) is 11.9. The lowest BCUT2D eigenvalue weighted by atomic mass is 10.1. The van der Waals surface area contributed by atoms with Crippen molar-refractivity contribution in [3.63, 3.8) is 0 Å². The highest BCUT2D eigenvalue weighted by atomic mass is 19.1. The Labute approximate surface area is 89.7 Å². The molecule has 0 aliphatic heterocycles. The van der Waals surface area contributed by atoms with Gasteiger partial charge in [0.25, 0.3) is 0 Å². The fourth-order valence-electron chi connectivity index (χ4n) is 1.22. The maximum absolute atomic E-state index is 13.1. The number of hydrogen-bond acceptors (Lipinski definition) is 4. The van der Waals surface area contributed by atoms with E-state index in [-0.39, 0.29) is 11.3 Å². The summed E-state index contributed by atoms with van der Waals surface area (Å²) in [6.07, 6.45) is 0. The summed E-state index contributed by atoms with van der Waals surface area (Å²) in [6, 6.07) is 1.66. The molecule has 4 N–H and O–H groups in total. The monoisotopic (exact) mass is 228 g/mol. The molecule has 0 spiro atoms. The van der Waals surface area contributed by atoms with E-state index in [4.69, 9.17) is 20.5 Å². The van der Waals surface area contributed by atoms with Crippen molar-refractivity contribution in [3.05, 3.63) is 29.1 Å². The summed E-state index contributed by atoms with van der Waals surface area (Å²) in [5.41, 5.74) is 0.896. The Balaban J connectivity index is 3.48. The van der Waals surface area contributed by atoms with Crippen molar-refractivity contribution < 1.29 is 24.2 Å². The molecule has 0 aromatic heterocycles. The molecule has 6 nitrogen and oxygen atoms in total. The molecule has 0 amide bonds. The van der Waals surface area contributed by atoms with E-state index >= 15 is 0 Å². The molecule has 0 unspecified atom stereocenters. The van der Waals surface area contributed by atoms with Gasteiger partial charge in [0.1, 0.15) is 17.1 Å². The summed E-state index contributed by atoms with van der Waals surface area (Å²) in [5, 5.41) is 24.6. The molecular formula is C9H9FN2O4.